The minimum Gasteiger partial charge on any atom is -0.478 e. The van der Waals surface area contributed by atoms with Gasteiger partial charge in [-0.15, -0.1) is 0 Å². The Labute approximate surface area is 85.5 Å². The molecule has 11 heavy (non-hydrogen) atoms. The Morgan fingerprint density at radius 2 is 1.73 bits per heavy atom. The molecule has 0 aliphatic rings. The molecule has 0 amide bonds. The second kappa shape index (κ2) is 4.63. The van der Waals surface area contributed by atoms with Crippen LogP contribution in [0, 0.1) is 0 Å². The van der Waals surface area contributed by atoms with E-state index in [-0.39, 0.29) is 19.5 Å². The van der Waals surface area contributed by atoms with E-state index in [9.17, 15) is 4.79 Å². The molecule has 0 heterocycles. The van der Waals surface area contributed by atoms with Crippen molar-refractivity contribution in [2.24, 2.45) is 0 Å². The molecule has 0 spiro atoms. The first kappa shape index (κ1) is 10.8. The van der Waals surface area contributed by atoms with Gasteiger partial charge in [0, 0.05) is 24.0 Å². The zero-order valence-electron chi connectivity index (χ0n) is 5.75. The van der Waals surface area contributed by atoms with Gasteiger partial charge in [-0.2, -0.15) is 0 Å². The van der Waals surface area contributed by atoms with Crippen molar-refractivity contribution in [2.45, 2.75) is 0 Å². The molecule has 0 bridgehead atoms. The van der Waals surface area contributed by atoms with E-state index in [2.05, 4.69) is 15.9 Å². The normalized spacial score (nSPS) is 8.45. The molecule has 0 radical (unpaired) electrons. The number of carboxylic acids is 1. The van der Waals surface area contributed by atoms with E-state index in [0.29, 0.717) is 5.56 Å². The van der Waals surface area contributed by atoms with Gasteiger partial charge in [-0.25, -0.2) is 4.79 Å². The molecule has 1 N–H and O–H groups in total. The van der Waals surface area contributed by atoms with Crippen LogP contribution in [0.4, 0.5) is 0 Å². The number of benzene rings is 1. The van der Waals surface area contributed by atoms with Crippen LogP contribution in [0.2, 0.25) is 0 Å². The second-order valence-electron chi connectivity index (χ2n) is 1.81. The minimum absolute atomic E-state index is 0. The van der Waals surface area contributed by atoms with Crippen molar-refractivity contribution in [3.05, 3.63) is 34.3 Å². The van der Waals surface area contributed by atoms with Crippen LogP contribution < -0.4 is 0 Å². The summed E-state index contributed by atoms with van der Waals surface area (Å²) >= 11 is 3.20. The number of halogens is 1. The Morgan fingerprint density at radius 1 is 1.27 bits per heavy atom. The molecule has 2 nitrogen and oxygen atoms in total. The molecular formula is C7H5BrO2Zn. The summed E-state index contributed by atoms with van der Waals surface area (Å²) in [6, 6.07) is 6.49. The van der Waals surface area contributed by atoms with Crippen molar-refractivity contribution in [2.75, 3.05) is 0 Å². The quantitative estimate of drug-likeness (QED) is 0.791. The largest absolute Gasteiger partial charge is 0.478 e. The summed E-state index contributed by atoms with van der Waals surface area (Å²) in [4.78, 5) is 10.3. The fourth-order valence-electron chi connectivity index (χ4n) is 0.592. The molecule has 0 fully saturated rings. The maximum absolute atomic E-state index is 10.3. The van der Waals surface area contributed by atoms with E-state index in [1.54, 1.807) is 24.3 Å². The monoisotopic (exact) mass is 264 g/mol. The van der Waals surface area contributed by atoms with Crippen LogP contribution in [0.5, 0.6) is 0 Å². The number of hydrogen-bond acceptors (Lipinski definition) is 1. The van der Waals surface area contributed by atoms with Crippen LogP contribution >= 0.6 is 15.9 Å². The van der Waals surface area contributed by atoms with Crippen LogP contribution in [-0.4, -0.2) is 11.1 Å². The fourth-order valence-corrected chi connectivity index (χ4v) is 0.857. The fraction of sp³-hybridized carbons (Fsp3) is 0. The van der Waals surface area contributed by atoms with Gasteiger partial charge in [-0.05, 0) is 24.3 Å². The average molecular weight is 266 g/mol. The summed E-state index contributed by atoms with van der Waals surface area (Å²) in [6.07, 6.45) is 0. The first-order chi connectivity index (χ1) is 4.70. The van der Waals surface area contributed by atoms with E-state index >= 15 is 0 Å². The Balaban J connectivity index is 0.000001000. The van der Waals surface area contributed by atoms with Gasteiger partial charge in [0.2, 0.25) is 0 Å². The van der Waals surface area contributed by atoms with E-state index in [4.69, 9.17) is 5.11 Å². The summed E-state index contributed by atoms with van der Waals surface area (Å²) in [5.41, 5.74) is 0.309. The molecule has 0 aliphatic heterocycles. The molecule has 0 unspecified atom stereocenters. The van der Waals surface area contributed by atoms with Gasteiger partial charge in [-0.3, -0.25) is 0 Å². The van der Waals surface area contributed by atoms with Gasteiger partial charge in [-0.1, -0.05) is 15.9 Å². The standard InChI is InChI=1S/C7H5BrO2.Zn/c8-6-3-1-5(2-4-6)7(9)10;/h1-4H,(H,9,10);. The number of carbonyl (C=O) groups is 1. The van der Waals surface area contributed by atoms with Gasteiger partial charge < -0.3 is 5.11 Å². The molecule has 4 heteroatoms. The van der Waals surface area contributed by atoms with Gasteiger partial charge >= 0.3 is 5.97 Å². The zero-order chi connectivity index (χ0) is 7.56. The zero-order valence-corrected chi connectivity index (χ0v) is 10.3. The van der Waals surface area contributed by atoms with Crippen molar-refractivity contribution >= 4 is 21.9 Å². The van der Waals surface area contributed by atoms with E-state index in [1.165, 1.54) is 0 Å². The van der Waals surface area contributed by atoms with Crippen molar-refractivity contribution < 1.29 is 29.4 Å². The third-order valence-electron chi connectivity index (χ3n) is 1.09. The number of carboxylic acid groups (broad SMARTS) is 1. The predicted octanol–water partition coefficient (Wildman–Crippen LogP) is 2.14. The van der Waals surface area contributed by atoms with Crippen molar-refractivity contribution in [3.8, 4) is 0 Å². The van der Waals surface area contributed by atoms with E-state index in [1.807, 2.05) is 0 Å². The first-order valence-electron chi connectivity index (χ1n) is 2.69. The molecule has 1 rings (SSSR count). The molecule has 0 atom stereocenters. The van der Waals surface area contributed by atoms with Crippen molar-refractivity contribution in [1.29, 1.82) is 0 Å². The Bertz CT molecular complexity index is 245. The van der Waals surface area contributed by atoms with Crippen LogP contribution in [-0.2, 0) is 19.5 Å². The summed E-state index contributed by atoms with van der Waals surface area (Å²) in [7, 11) is 0. The molecule has 0 aromatic heterocycles. The van der Waals surface area contributed by atoms with Gasteiger partial charge in [0.25, 0.3) is 0 Å². The minimum atomic E-state index is -0.896. The van der Waals surface area contributed by atoms with Gasteiger partial charge in [0.1, 0.15) is 0 Å². The predicted molar refractivity (Wildman–Crippen MR) is 41.1 cm³/mol. The molecule has 0 saturated carbocycles. The number of hydrogen-bond donors (Lipinski definition) is 1. The maximum Gasteiger partial charge on any atom is 0.335 e. The van der Waals surface area contributed by atoms with Gasteiger partial charge in [0.15, 0.2) is 0 Å². The maximum atomic E-state index is 10.3. The summed E-state index contributed by atoms with van der Waals surface area (Å²) in [5.74, 6) is -0.896. The van der Waals surface area contributed by atoms with Crippen LogP contribution in [0.15, 0.2) is 28.7 Å². The van der Waals surface area contributed by atoms with Crippen molar-refractivity contribution in [3.63, 3.8) is 0 Å². The number of rotatable bonds is 1. The van der Waals surface area contributed by atoms with Crippen molar-refractivity contribution in [1.82, 2.24) is 0 Å². The molecular weight excluding hydrogens is 261 g/mol. The molecule has 1 aromatic rings. The van der Waals surface area contributed by atoms with E-state index < -0.39 is 5.97 Å². The topological polar surface area (TPSA) is 37.3 Å². The Morgan fingerprint density at radius 3 is 2.09 bits per heavy atom. The molecule has 0 aliphatic carbocycles. The SMILES string of the molecule is O=C(O)c1ccc(Br)cc1.[Zn]. The third-order valence-corrected chi connectivity index (χ3v) is 1.62. The van der Waals surface area contributed by atoms with Crippen LogP contribution in [0.1, 0.15) is 10.4 Å². The summed E-state index contributed by atoms with van der Waals surface area (Å²) < 4.78 is 0.887. The average Bonchev–Trinajstić information content (AvgIpc) is 1.88. The van der Waals surface area contributed by atoms with Crippen LogP contribution in [0.3, 0.4) is 0 Å². The summed E-state index contributed by atoms with van der Waals surface area (Å²) in [6.45, 7) is 0. The smallest absolute Gasteiger partial charge is 0.335 e. The van der Waals surface area contributed by atoms with E-state index in [0.717, 1.165) is 4.47 Å². The first-order valence-corrected chi connectivity index (χ1v) is 3.48. The van der Waals surface area contributed by atoms with Gasteiger partial charge in [0.05, 0.1) is 5.56 Å². The van der Waals surface area contributed by atoms with Crippen LogP contribution in [0.25, 0.3) is 0 Å². The second-order valence-corrected chi connectivity index (χ2v) is 2.73. The molecule has 0 saturated heterocycles. The Kier molecular flexibility index (Phi) is 4.54. The third kappa shape index (κ3) is 3.13. The summed E-state index contributed by atoms with van der Waals surface area (Å²) in [5, 5.41) is 8.46. The number of aromatic carboxylic acids is 1. The molecule has 54 valence electrons. The Hall–Kier alpha value is -0.207. The molecule has 1 aromatic carbocycles.